The number of nitrogens with two attached hydrogens (primary N) is 1. The maximum Gasteiger partial charge on any atom is 0.342 e. The Hall–Kier alpha value is -4.36. The Kier molecular flexibility index (Phi) is 6.79. The number of halogens is 1. The van der Waals surface area contributed by atoms with Crippen LogP contribution < -0.4 is 10.5 Å². The third kappa shape index (κ3) is 4.99. The molecule has 0 fully saturated rings. The van der Waals surface area contributed by atoms with E-state index in [1.54, 1.807) is 0 Å². The van der Waals surface area contributed by atoms with Gasteiger partial charge in [0.05, 0.1) is 29.6 Å². The summed E-state index contributed by atoms with van der Waals surface area (Å²) in [6.07, 6.45) is 0.531. The van der Waals surface area contributed by atoms with Gasteiger partial charge in [-0.3, -0.25) is 4.79 Å². The summed E-state index contributed by atoms with van der Waals surface area (Å²) >= 11 is 6.07. The number of methoxy groups -OCH3 is 1. The number of hydrogen-bond acceptors (Lipinski definition) is 6. The molecule has 5 rings (SSSR count). The second-order valence-electron chi connectivity index (χ2n) is 8.63. The Morgan fingerprint density at radius 1 is 1.00 bits per heavy atom. The maximum absolute atomic E-state index is 13.3. The van der Waals surface area contributed by atoms with Gasteiger partial charge in [0.15, 0.2) is 6.61 Å². The number of esters is 1. The van der Waals surface area contributed by atoms with E-state index in [1.807, 2.05) is 60.7 Å². The average molecular weight is 514 g/mol. The van der Waals surface area contributed by atoms with Crippen molar-refractivity contribution in [2.75, 3.05) is 19.5 Å². The standard InChI is InChI=1S/C29H24ClN3O4/c1-36-27-15-24(31)23(30)14-22(27)29(35)37-17-28(34)33-26(19-8-3-2-4-9-19)16-25(32-33)21-12-11-18-7-5-6-10-20(18)13-21/h2-15,26H,16-17,31H2,1H3. The topological polar surface area (TPSA) is 94.2 Å². The minimum atomic E-state index is -0.749. The van der Waals surface area contributed by atoms with Gasteiger partial charge in [-0.1, -0.05) is 78.3 Å². The molecule has 0 bridgehead atoms. The number of carbonyl (C=O) groups is 2. The van der Waals surface area contributed by atoms with Crippen molar-refractivity contribution in [2.45, 2.75) is 12.5 Å². The van der Waals surface area contributed by atoms with Crippen molar-refractivity contribution in [3.63, 3.8) is 0 Å². The molecule has 0 spiro atoms. The molecule has 4 aromatic carbocycles. The lowest BCUT2D eigenvalue weighted by Gasteiger charge is -2.22. The summed E-state index contributed by atoms with van der Waals surface area (Å²) in [5.74, 6) is -0.987. The van der Waals surface area contributed by atoms with Gasteiger partial charge in [-0.05, 0) is 34.0 Å². The van der Waals surface area contributed by atoms with Crippen LogP contribution in [0.4, 0.5) is 5.69 Å². The number of benzene rings is 4. The van der Waals surface area contributed by atoms with E-state index < -0.39 is 18.5 Å². The quantitative estimate of drug-likeness (QED) is 0.267. The molecule has 4 aromatic rings. The van der Waals surface area contributed by atoms with Crippen LogP contribution in [0.2, 0.25) is 5.02 Å². The summed E-state index contributed by atoms with van der Waals surface area (Å²) in [6, 6.07) is 26.3. The molecule has 0 aromatic heterocycles. The van der Waals surface area contributed by atoms with Crippen molar-refractivity contribution in [3.8, 4) is 5.75 Å². The predicted octanol–water partition coefficient (Wildman–Crippen LogP) is 5.62. The van der Waals surface area contributed by atoms with Crippen molar-refractivity contribution < 1.29 is 19.1 Å². The molecule has 1 heterocycles. The average Bonchev–Trinajstić information content (AvgIpc) is 3.39. The van der Waals surface area contributed by atoms with Gasteiger partial charge < -0.3 is 15.2 Å². The van der Waals surface area contributed by atoms with Gasteiger partial charge in [0.25, 0.3) is 5.91 Å². The van der Waals surface area contributed by atoms with E-state index in [0.717, 1.165) is 27.6 Å². The number of nitrogen functional groups attached to an aromatic ring is 1. The van der Waals surface area contributed by atoms with E-state index in [2.05, 4.69) is 17.2 Å². The molecule has 0 aliphatic carbocycles. The zero-order valence-corrected chi connectivity index (χ0v) is 20.8. The second-order valence-corrected chi connectivity index (χ2v) is 9.03. The van der Waals surface area contributed by atoms with E-state index >= 15 is 0 Å². The van der Waals surface area contributed by atoms with Crippen LogP contribution in [0.3, 0.4) is 0 Å². The van der Waals surface area contributed by atoms with Crippen LogP contribution in [0.5, 0.6) is 5.75 Å². The van der Waals surface area contributed by atoms with Crippen LogP contribution in [0, 0.1) is 0 Å². The number of amides is 1. The minimum Gasteiger partial charge on any atom is -0.496 e. The summed E-state index contributed by atoms with van der Waals surface area (Å²) in [5.41, 5.74) is 8.80. The molecule has 0 saturated heterocycles. The Labute approximate surface area is 219 Å². The zero-order valence-electron chi connectivity index (χ0n) is 20.1. The normalized spacial score (nSPS) is 14.9. The summed E-state index contributed by atoms with van der Waals surface area (Å²) in [7, 11) is 1.41. The smallest absolute Gasteiger partial charge is 0.342 e. The second kappa shape index (κ2) is 10.3. The predicted molar refractivity (Wildman–Crippen MR) is 144 cm³/mol. The first kappa shape index (κ1) is 24.3. The fourth-order valence-electron chi connectivity index (χ4n) is 4.39. The highest BCUT2D eigenvalue weighted by Gasteiger charge is 2.33. The molecule has 1 aliphatic heterocycles. The Morgan fingerprint density at radius 3 is 2.49 bits per heavy atom. The fourth-order valence-corrected chi connectivity index (χ4v) is 4.55. The first-order valence-corrected chi connectivity index (χ1v) is 12.1. The van der Waals surface area contributed by atoms with Crippen LogP contribution in [0.25, 0.3) is 10.8 Å². The van der Waals surface area contributed by atoms with Crippen molar-refractivity contribution in [3.05, 3.63) is 107 Å². The van der Waals surface area contributed by atoms with Crippen LogP contribution in [-0.4, -0.2) is 36.3 Å². The van der Waals surface area contributed by atoms with E-state index in [4.69, 9.17) is 26.8 Å². The molecule has 8 heteroatoms. The lowest BCUT2D eigenvalue weighted by Crippen LogP contribution is -2.31. The summed E-state index contributed by atoms with van der Waals surface area (Å²) in [4.78, 5) is 26.1. The van der Waals surface area contributed by atoms with Crippen molar-refractivity contribution in [2.24, 2.45) is 5.10 Å². The van der Waals surface area contributed by atoms with Gasteiger partial charge in [0, 0.05) is 12.5 Å². The third-order valence-corrected chi connectivity index (χ3v) is 6.63. The Balaban J connectivity index is 1.40. The number of hydrazone groups is 1. The lowest BCUT2D eigenvalue weighted by atomic mass is 9.97. The molecule has 1 amide bonds. The van der Waals surface area contributed by atoms with E-state index in [-0.39, 0.29) is 28.1 Å². The van der Waals surface area contributed by atoms with Gasteiger partial charge in [0.2, 0.25) is 0 Å². The molecule has 0 saturated carbocycles. The first-order chi connectivity index (χ1) is 17.9. The summed E-state index contributed by atoms with van der Waals surface area (Å²) in [6.45, 7) is -0.498. The Bertz CT molecular complexity index is 1520. The SMILES string of the molecule is COc1cc(N)c(Cl)cc1C(=O)OCC(=O)N1N=C(c2ccc3ccccc3c2)CC1c1ccccc1. The van der Waals surface area contributed by atoms with Crippen molar-refractivity contribution >= 4 is 45.6 Å². The molecule has 37 heavy (non-hydrogen) atoms. The zero-order chi connectivity index (χ0) is 25.9. The van der Waals surface area contributed by atoms with E-state index in [1.165, 1.54) is 24.3 Å². The molecule has 1 atom stereocenters. The van der Waals surface area contributed by atoms with E-state index in [9.17, 15) is 9.59 Å². The van der Waals surface area contributed by atoms with Crippen LogP contribution >= 0.6 is 11.6 Å². The van der Waals surface area contributed by atoms with Gasteiger partial charge >= 0.3 is 5.97 Å². The fraction of sp³-hybridized carbons (Fsp3) is 0.138. The highest BCUT2D eigenvalue weighted by atomic mass is 35.5. The van der Waals surface area contributed by atoms with Gasteiger partial charge in [0.1, 0.15) is 11.3 Å². The molecular weight excluding hydrogens is 490 g/mol. The highest BCUT2D eigenvalue weighted by Crippen LogP contribution is 2.34. The largest absolute Gasteiger partial charge is 0.496 e. The molecule has 2 N–H and O–H groups in total. The summed E-state index contributed by atoms with van der Waals surface area (Å²) in [5, 5.41) is 8.49. The number of ether oxygens (including phenoxy) is 2. The highest BCUT2D eigenvalue weighted by molar-refractivity contribution is 6.33. The number of carbonyl (C=O) groups excluding carboxylic acids is 2. The first-order valence-electron chi connectivity index (χ1n) is 11.7. The van der Waals surface area contributed by atoms with Crippen molar-refractivity contribution in [1.29, 1.82) is 0 Å². The molecular formula is C29H24ClN3O4. The number of rotatable bonds is 6. The molecule has 7 nitrogen and oxygen atoms in total. The van der Waals surface area contributed by atoms with Crippen LogP contribution in [0.1, 0.15) is 33.9 Å². The van der Waals surface area contributed by atoms with Gasteiger partial charge in [-0.25, -0.2) is 9.80 Å². The third-order valence-electron chi connectivity index (χ3n) is 6.30. The lowest BCUT2D eigenvalue weighted by molar-refractivity contribution is -0.136. The maximum atomic E-state index is 13.3. The molecule has 0 radical (unpaired) electrons. The number of nitrogens with zero attached hydrogens (tertiary/aromatic N) is 2. The number of hydrogen-bond donors (Lipinski definition) is 1. The monoisotopic (exact) mass is 513 g/mol. The van der Waals surface area contributed by atoms with E-state index in [0.29, 0.717) is 6.42 Å². The van der Waals surface area contributed by atoms with Crippen LogP contribution in [-0.2, 0) is 9.53 Å². The van der Waals surface area contributed by atoms with Gasteiger partial charge in [-0.2, -0.15) is 5.10 Å². The van der Waals surface area contributed by atoms with Crippen molar-refractivity contribution in [1.82, 2.24) is 5.01 Å². The molecule has 1 unspecified atom stereocenters. The minimum absolute atomic E-state index is 0.0795. The summed E-state index contributed by atoms with van der Waals surface area (Å²) < 4.78 is 10.6. The number of anilines is 1. The van der Waals surface area contributed by atoms with Gasteiger partial charge in [-0.15, -0.1) is 0 Å². The Morgan fingerprint density at radius 2 is 1.73 bits per heavy atom. The molecule has 1 aliphatic rings. The number of fused-ring (bicyclic) bond motifs is 1. The van der Waals surface area contributed by atoms with Crippen LogP contribution in [0.15, 0.2) is 90.0 Å². The molecule has 186 valence electrons.